The van der Waals surface area contributed by atoms with Gasteiger partial charge in [-0.15, -0.1) is 4.58 Å². The second-order valence-corrected chi connectivity index (χ2v) is 8.26. The molecule has 0 heterocycles. The zero-order chi connectivity index (χ0) is 13.8. The third-order valence-corrected chi connectivity index (χ3v) is 5.23. The molecule has 0 radical (unpaired) electrons. The summed E-state index contributed by atoms with van der Waals surface area (Å²) in [6.45, 7) is 5.74. The summed E-state index contributed by atoms with van der Waals surface area (Å²) in [5.41, 5.74) is -0.651. The fraction of sp³-hybridized carbons (Fsp3) is 0.933. The van der Waals surface area contributed by atoms with Gasteiger partial charge in [-0.1, -0.05) is 0 Å². The fourth-order valence-electron chi connectivity index (χ4n) is 4.84. The number of nitrogens with zero attached hydrogens (tertiary/aromatic N) is 1. The van der Waals surface area contributed by atoms with Gasteiger partial charge < -0.3 is 0 Å². The molecule has 0 atom stereocenters. The van der Waals surface area contributed by atoms with E-state index in [4.69, 9.17) is 16.6 Å². The fourth-order valence-corrected chi connectivity index (χ4v) is 5.23. The molecule has 4 aliphatic rings. The number of rotatable bonds is 2. The van der Waals surface area contributed by atoms with Gasteiger partial charge in [-0.3, -0.25) is 4.79 Å². The lowest BCUT2D eigenvalue weighted by Crippen LogP contribution is -2.53. The van der Waals surface area contributed by atoms with Crippen molar-refractivity contribution in [2.45, 2.75) is 64.9 Å². The molecule has 19 heavy (non-hydrogen) atoms. The molecule has 4 aliphatic carbocycles. The third kappa shape index (κ3) is 2.52. The molecule has 4 saturated carbocycles. The highest BCUT2D eigenvalue weighted by atomic mass is 35.5. The summed E-state index contributed by atoms with van der Waals surface area (Å²) < 4.78 is 1.01. The van der Waals surface area contributed by atoms with Crippen LogP contribution in [0.5, 0.6) is 0 Å². The second kappa shape index (κ2) is 4.36. The SMILES string of the molecule is CC(C)(C)ON(Cl)C(=O)C12CC3CC(CC(C3)C1)C2. The maximum atomic E-state index is 12.7. The number of halogens is 1. The predicted molar refractivity (Wildman–Crippen MR) is 74.1 cm³/mol. The molecule has 0 aliphatic heterocycles. The maximum Gasteiger partial charge on any atom is 0.267 e. The minimum atomic E-state index is -0.431. The van der Waals surface area contributed by atoms with E-state index in [2.05, 4.69) is 0 Å². The molecular formula is C15H24ClNO2. The standard InChI is InChI=1S/C15H24ClNO2/c1-14(2,3)19-17(16)13(18)15-7-10-4-11(8-15)6-12(5-10)9-15/h10-12H,4-9H2,1-3H3. The van der Waals surface area contributed by atoms with Crippen LogP contribution >= 0.6 is 11.8 Å². The van der Waals surface area contributed by atoms with E-state index in [1.807, 2.05) is 20.8 Å². The predicted octanol–water partition coefficient (Wildman–Crippen LogP) is 3.92. The highest BCUT2D eigenvalue weighted by molar-refractivity contribution is 6.21. The molecule has 1 amide bonds. The number of hydrogen-bond donors (Lipinski definition) is 0. The zero-order valence-electron chi connectivity index (χ0n) is 12.1. The van der Waals surface area contributed by atoms with Crippen LogP contribution in [0.4, 0.5) is 0 Å². The summed E-state index contributed by atoms with van der Waals surface area (Å²) in [6, 6.07) is 0. The second-order valence-electron chi connectivity index (χ2n) is 7.95. The zero-order valence-corrected chi connectivity index (χ0v) is 12.9. The van der Waals surface area contributed by atoms with Crippen molar-refractivity contribution in [2.24, 2.45) is 23.2 Å². The average Bonchev–Trinajstić information content (AvgIpc) is 2.23. The lowest BCUT2D eigenvalue weighted by Gasteiger charge is -2.56. The van der Waals surface area contributed by atoms with Crippen molar-refractivity contribution in [3.8, 4) is 0 Å². The van der Waals surface area contributed by atoms with E-state index >= 15 is 0 Å². The molecule has 3 nitrogen and oxygen atoms in total. The first-order valence-corrected chi connectivity index (χ1v) is 7.81. The van der Waals surface area contributed by atoms with E-state index in [1.54, 1.807) is 0 Å². The van der Waals surface area contributed by atoms with Crippen LogP contribution in [0.15, 0.2) is 0 Å². The Labute approximate surface area is 120 Å². The first-order valence-electron chi connectivity index (χ1n) is 7.47. The van der Waals surface area contributed by atoms with Crippen LogP contribution in [0.2, 0.25) is 0 Å². The number of hydroxylamine groups is 1. The molecule has 0 aromatic carbocycles. The van der Waals surface area contributed by atoms with Gasteiger partial charge in [0.2, 0.25) is 0 Å². The average molecular weight is 286 g/mol. The van der Waals surface area contributed by atoms with Gasteiger partial charge in [0, 0.05) is 11.8 Å². The summed E-state index contributed by atoms with van der Waals surface area (Å²) in [5.74, 6) is 2.24. The van der Waals surface area contributed by atoms with E-state index in [0.717, 1.165) is 41.6 Å². The van der Waals surface area contributed by atoms with Crippen LogP contribution in [0.25, 0.3) is 0 Å². The van der Waals surface area contributed by atoms with Crippen molar-refractivity contribution in [3.63, 3.8) is 0 Å². The molecule has 108 valence electrons. The van der Waals surface area contributed by atoms with Crippen molar-refractivity contribution < 1.29 is 9.63 Å². The van der Waals surface area contributed by atoms with Gasteiger partial charge in [0.05, 0.1) is 11.0 Å². The van der Waals surface area contributed by atoms with E-state index in [-0.39, 0.29) is 11.3 Å². The molecule has 0 aromatic heterocycles. The normalized spacial score (nSPS) is 40.5. The summed E-state index contributed by atoms with van der Waals surface area (Å²) in [5, 5.41) is 0. The smallest absolute Gasteiger partial charge is 0.267 e. The highest BCUT2D eigenvalue weighted by Gasteiger charge is 2.56. The van der Waals surface area contributed by atoms with Crippen molar-refractivity contribution >= 4 is 17.7 Å². The van der Waals surface area contributed by atoms with Crippen LogP contribution in [-0.4, -0.2) is 16.1 Å². The van der Waals surface area contributed by atoms with Gasteiger partial charge in [-0.25, -0.2) is 4.84 Å². The molecule has 0 saturated heterocycles. The minimum Gasteiger partial charge on any atom is -0.271 e. The van der Waals surface area contributed by atoms with Crippen LogP contribution in [0, 0.1) is 23.2 Å². The monoisotopic (exact) mass is 285 g/mol. The molecule has 0 aromatic rings. The van der Waals surface area contributed by atoms with E-state index in [0.29, 0.717) is 0 Å². The Balaban J connectivity index is 1.76. The maximum absolute atomic E-state index is 12.7. The largest absolute Gasteiger partial charge is 0.271 e. The number of amides is 1. The first-order chi connectivity index (χ1) is 8.77. The highest BCUT2D eigenvalue weighted by Crippen LogP contribution is 2.60. The van der Waals surface area contributed by atoms with Crippen molar-refractivity contribution in [3.05, 3.63) is 0 Å². The molecule has 4 heteroatoms. The summed E-state index contributed by atoms with van der Waals surface area (Å²) in [4.78, 5) is 18.3. The van der Waals surface area contributed by atoms with Crippen LogP contribution in [0.3, 0.4) is 0 Å². The lowest BCUT2D eigenvalue weighted by atomic mass is 9.49. The number of carbonyl (C=O) groups excluding carboxylic acids is 1. The molecular weight excluding hydrogens is 262 g/mol. The minimum absolute atomic E-state index is 0.00296. The molecule has 0 N–H and O–H groups in total. The van der Waals surface area contributed by atoms with Crippen molar-refractivity contribution in [1.29, 1.82) is 0 Å². The molecule has 0 unspecified atom stereocenters. The van der Waals surface area contributed by atoms with Crippen LogP contribution < -0.4 is 0 Å². The Morgan fingerprint density at radius 3 is 1.89 bits per heavy atom. The molecule has 0 spiro atoms. The van der Waals surface area contributed by atoms with Gasteiger partial charge in [-0.2, -0.15) is 0 Å². The summed E-state index contributed by atoms with van der Waals surface area (Å²) >= 11 is 6.11. The molecule has 4 bridgehead atoms. The summed E-state index contributed by atoms with van der Waals surface area (Å²) in [6.07, 6.45) is 7.05. The van der Waals surface area contributed by atoms with Gasteiger partial charge in [0.25, 0.3) is 5.91 Å². The number of carbonyl (C=O) groups is 1. The van der Waals surface area contributed by atoms with E-state index in [1.165, 1.54) is 19.3 Å². The van der Waals surface area contributed by atoms with E-state index < -0.39 is 5.60 Å². The first kappa shape index (κ1) is 13.7. The topological polar surface area (TPSA) is 29.5 Å². The Morgan fingerprint density at radius 2 is 1.53 bits per heavy atom. The van der Waals surface area contributed by atoms with Crippen LogP contribution in [0.1, 0.15) is 59.3 Å². The van der Waals surface area contributed by atoms with Crippen LogP contribution in [-0.2, 0) is 9.63 Å². The van der Waals surface area contributed by atoms with Gasteiger partial charge >= 0.3 is 0 Å². The lowest BCUT2D eigenvalue weighted by molar-refractivity contribution is -0.208. The Morgan fingerprint density at radius 1 is 1.11 bits per heavy atom. The Kier molecular flexibility index (Phi) is 3.14. The molecule has 4 rings (SSSR count). The number of hydrogen-bond acceptors (Lipinski definition) is 2. The van der Waals surface area contributed by atoms with Gasteiger partial charge in [-0.05, 0) is 77.0 Å². The molecule has 4 fully saturated rings. The van der Waals surface area contributed by atoms with Gasteiger partial charge in [0.1, 0.15) is 0 Å². The third-order valence-electron chi connectivity index (χ3n) is 5.01. The van der Waals surface area contributed by atoms with Gasteiger partial charge in [0.15, 0.2) is 0 Å². The Hall–Kier alpha value is -0.280. The van der Waals surface area contributed by atoms with Crippen molar-refractivity contribution in [1.82, 2.24) is 4.58 Å². The Bertz CT molecular complexity index is 353. The van der Waals surface area contributed by atoms with Crippen molar-refractivity contribution in [2.75, 3.05) is 0 Å². The quantitative estimate of drug-likeness (QED) is 0.568. The van der Waals surface area contributed by atoms with E-state index in [9.17, 15) is 4.79 Å². The summed E-state index contributed by atoms with van der Waals surface area (Å²) in [7, 11) is 0.